The number of unbranched alkanes of at least 4 members (excludes halogenated alkanes) is 1. The minimum absolute atomic E-state index is 0. The number of halogens is 1. The molecule has 2 aromatic carbocycles. The number of fused-ring (bicyclic) bond motifs is 1. The van der Waals surface area contributed by atoms with Gasteiger partial charge in [0, 0.05) is 30.8 Å². The first kappa shape index (κ1) is 28.7. The first-order valence-corrected chi connectivity index (χ1v) is 12.7. The number of carbonyl (C=O) groups excluding carboxylic acids is 1. The molecule has 0 saturated heterocycles. The van der Waals surface area contributed by atoms with Gasteiger partial charge in [0.25, 0.3) is 5.91 Å². The number of ether oxygens (including phenoxy) is 3. The largest absolute Gasteiger partial charge is 0.494 e. The Hall–Kier alpha value is -2.55. The molecule has 3 rings (SSSR count). The van der Waals surface area contributed by atoms with E-state index in [0.717, 1.165) is 48.4 Å². The lowest BCUT2D eigenvalue weighted by Gasteiger charge is -2.24. The van der Waals surface area contributed by atoms with E-state index in [1.54, 1.807) is 19.1 Å². The third kappa shape index (κ3) is 7.22. The van der Waals surface area contributed by atoms with Crippen LogP contribution < -0.4 is 19.1 Å². The van der Waals surface area contributed by atoms with Gasteiger partial charge in [0.1, 0.15) is 5.75 Å². The Labute approximate surface area is 218 Å². The van der Waals surface area contributed by atoms with Gasteiger partial charge in [-0.3, -0.25) is 9.69 Å². The van der Waals surface area contributed by atoms with E-state index in [0.29, 0.717) is 35.3 Å². The van der Waals surface area contributed by atoms with E-state index < -0.39 is 0 Å². The molecular formula is C26H36ClN3O4S. The second-order valence-electron chi connectivity index (χ2n) is 7.88. The lowest BCUT2D eigenvalue weighted by molar-refractivity contribution is 0.0983. The molecule has 0 aliphatic rings. The van der Waals surface area contributed by atoms with E-state index in [9.17, 15) is 4.79 Å². The van der Waals surface area contributed by atoms with Gasteiger partial charge < -0.3 is 19.1 Å². The summed E-state index contributed by atoms with van der Waals surface area (Å²) in [7, 11) is 3.22. The summed E-state index contributed by atoms with van der Waals surface area (Å²) >= 11 is 1.48. The van der Waals surface area contributed by atoms with Gasteiger partial charge in [-0.25, -0.2) is 4.98 Å². The van der Waals surface area contributed by atoms with Crippen molar-refractivity contribution in [1.82, 2.24) is 9.88 Å². The summed E-state index contributed by atoms with van der Waals surface area (Å²) in [5.74, 6) is 1.96. The number of carbonyl (C=O) groups is 1. The maximum atomic E-state index is 13.6. The molecule has 0 unspecified atom stereocenters. The molecule has 1 amide bonds. The highest BCUT2D eigenvalue weighted by atomic mass is 35.5. The molecule has 0 saturated carbocycles. The number of likely N-dealkylation sites (N-methyl/N-ethyl adjacent to an activating group) is 1. The Morgan fingerprint density at radius 1 is 0.971 bits per heavy atom. The van der Waals surface area contributed by atoms with Crippen molar-refractivity contribution in [2.75, 3.05) is 51.9 Å². The van der Waals surface area contributed by atoms with E-state index in [-0.39, 0.29) is 18.3 Å². The normalized spacial score (nSPS) is 10.8. The Morgan fingerprint density at radius 2 is 1.63 bits per heavy atom. The van der Waals surface area contributed by atoms with Crippen LogP contribution >= 0.6 is 23.7 Å². The number of benzene rings is 2. The van der Waals surface area contributed by atoms with Crippen molar-refractivity contribution >= 4 is 45.0 Å². The summed E-state index contributed by atoms with van der Waals surface area (Å²) in [6.07, 6.45) is 2.09. The smallest absolute Gasteiger partial charge is 0.260 e. The molecule has 0 atom stereocenters. The van der Waals surface area contributed by atoms with Gasteiger partial charge in [0.15, 0.2) is 16.6 Å². The molecule has 0 fully saturated rings. The zero-order valence-corrected chi connectivity index (χ0v) is 22.8. The Balaban J connectivity index is 0.00000432. The van der Waals surface area contributed by atoms with Crippen LogP contribution in [-0.2, 0) is 0 Å². The standard InChI is InChI=1S/C26H35N3O4S.ClH/c1-6-9-16-33-20-12-10-19(11-13-20)25(30)29(15-14-28(7-2)8-3)26-27-21-17-22(31-4)23(32-5)18-24(21)34-26;/h10-13,17-18H,6-9,14-16H2,1-5H3;1H. The summed E-state index contributed by atoms with van der Waals surface area (Å²) in [6, 6.07) is 11.1. The Kier molecular flexibility index (Phi) is 11.6. The van der Waals surface area contributed by atoms with Crippen LogP contribution in [0.3, 0.4) is 0 Å². The van der Waals surface area contributed by atoms with Crippen molar-refractivity contribution in [1.29, 1.82) is 0 Å². The second kappa shape index (κ2) is 14.1. The second-order valence-corrected chi connectivity index (χ2v) is 8.89. The fourth-order valence-corrected chi connectivity index (χ4v) is 4.61. The molecule has 0 N–H and O–H groups in total. The molecule has 3 aromatic rings. The van der Waals surface area contributed by atoms with Crippen molar-refractivity contribution in [2.45, 2.75) is 33.6 Å². The van der Waals surface area contributed by atoms with Crippen LogP contribution in [0.5, 0.6) is 17.2 Å². The van der Waals surface area contributed by atoms with Crippen LogP contribution in [-0.4, -0.2) is 62.8 Å². The van der Waals surface area contributed by atoms with Crippen molar-refractivity contribution < 1.29 is 19.0 Å². The molecule has 0 bridgehead atoms. The number of anilines is 1. The first-order valence-electron chi connectivity index (χ1n) is 11.8. The monoisotopic (exact) mass is 521 g/mol. The molecule has 0 aliphatic heterocycles. The van der Waals surface area contributed by atoms with E-state index in [4.69, 9.17) is 19.2 Å². The maximum Gasteiger partial charge on any atom is 0.260 e. The number of amides is 1. The lowest BCUT2D eigenvalue weighted by atomic mass is 10.2. The first-order chi connectivity index (χ1) is 16.5. The number of aromatic nitrogens is 1. The third-order valence-corrected chi connectivity index (χ3v) is 6.80. The molecular weight excluding hydrogens is 486 g/mol. The predicted molar refractivity (Wildman–Crippen MR) is 146 cm³/mol. The van der Waals surface area contributed by atoms with E-state index >= 15 is 0 Å². The van der Waals surface area contributed by atoms with E-state index in [1.807, 2.05) is 36.4 Å². The Morgan fingerprint density at radius 3 is 2.23 bits per heavy atom. The average molecular weight is 522 g/mol. The highest BCUT2D eigenvalue weighted by Gasteiger charge is 2.23. The van der Waals surface area contributed by atoms with Crippen LogP contribution in [0.1, 0.15) is 44.0 Å². The predicted octanol–water partition coefficient (Wildman–Crippen LogP) is 5.90. The van der Waals surface area contributed by atoms with Gasteiger partial charge in [-0.05, 0) is 43.8 Å². The number of hydrogen-bond donors (Lipinski definition) is 0. The fraction of sp³-hybridized carbons (Fsp3) is 0.462. The summed E-state index contributed by atoms with van der Waals surface area (Å²) in [6.45, 7) is 10.2. The minimum Gasteiger partial charge on any atom is -0.494 e. The van der Waals surface area contributed by atoms with Crippen LogP contribution in [0, 0.1) is 0 Å². The van der Waals surface area contributed by atoms with E-state index in [2.05, 4.69) is 25.7 Å². The van der Waals surface area contributed by atoms with Crippen LogP contribution in [0.15, 0.2) is 36.4 Å². The lowest BCUT2D eigenvalue weighted by Crippen LogP contribution is -2.38. The van der Waals surface area contributed by atoms with Crippen LogP contribution in [0.4, 0.5) is 5.13 Å². The fourth-order valence-electron chi connectivity index (χ4n) is 3.61. The highest BCUT2D eigenvalue weighted by molar-refractivity contribution is 7.22. The van der Waals surface area contributed by atoms with Gasteiger partial charge in [-0.1, -0.05) is 38.5 Å². The van der Waals surface area contributed by atoms with Crippen molar-refractivity contribution in [3.05, 3.63) is 42.0 Å². The number of methoxy groups -OCH3 is 2. The molecule has 35 heavy (non-hydrogen) atoms. The molecule has 1 heterocycles. The van der Waals surface area contributed by atoms with Crippen LogP contribution in [0.25, 0.3) is 10.2 Å². The quantitative estimate of drug-likeness (QED) is 0.261. The zero-order chi connectivity index (χ0) is 24.5. The van der Waals surface area contributed by atoms with Gasteiger partial charge in [0.05, 0.1) is 31.0 Å². The molecule has 9 heteroatoms. The van der Waals surface area contributed by atoms with Crippen molar-refractivity contribution in [2.24, 2.45) is 0 Å². The maximum absolute atomic E-state index is 13.6. The molecule has 7 nitrogen and oxygen atoms in total. The third-order valence-electron chi connectivity index (χ3n) is 5.76. The molecule has 0 aliphatic carbocycles. The van der Waals surface area contributed by atoms with Crippen LogP contribution in [0.2, 0.25) is 0 Å². The topological polar surface area (TPSA) is 64.1 Å². The van der Waals surface area contributed by atoms with Crippen molar-refractivity contribution in [3.63, 3.8) is 0 Å². The number of rotatable bonds is 13. The van der Waals surface area contributed by atoms with Gasteiger partial charge >= 0.3 is 0 Å². The van der Waals surface area contributed by atoms with E-state index in [1.165, 1.54) is 11.3 Å². The summed E-state index contributed by atoms with van der Waals surface area (Å²) in [5, 5.41) is 0.658. The molecule has 0 radical (unpaired) electrons. The number of thiazole rings is 1. The molecule has 1 aromatic heterocycles. The number of hydrogen-bond acceptors (Lipinski definition) is 7. The SMILES string of the molecule is CCCCOc1ccc(C(=O)N(CCN(CC)CC)c2nc3cc(OC)c(OC)cc3s2)cc1.Cl. The van der Waals surface area contributed by atoms with Gasteiger partial charge in [-0.15, -0.1) is 12.4 Å². The Bertz CT molecular complexity index is 1030. The summed E-state index contributed by atoms with van der Waals surface area (Å²) in [4.78, 5) is 22.5. The highest BCUT2D eigenvalue weighted by Crippen LogP contribution is 2.37. The summed E-state index contributed by atoms with van der Waals surface area (Å²) in [5.41, 5.74) is 1.38. The molecule has 192 valence electrons. The average Bonchev–Trinajstić information content (AvgIpc) is 3.28. The van der Waals surface area contributed by atoms with Crippen molar-refractivity contribution in [3.8, 4) is 17.2 Å². The number of nitrogens with zero attached hydrogens (tertiary/aromatic N) is 3. The molecule has 0 spiro atoms. The summed E-state index contributed by atoms with van der Waals surface area (Å²) < 4.78 is 17.6. The van der Waals surface area contributed by atoms with Gasteiger partial charge in [-0.2, -0.15) is 0 Å². The minimum atomic E-state index is -0.0785. The van der Waals surface area contributed by atoms with Gasteiger partial charge in [0.2, 0.25) is 0 Å². The zero-order valence-electron chi connectivity index (χ0n) is 21.2.